The summed E-state index contributed by atoms with van der Waals surface area (Å²) >= 11 is 0. The van der Waals surface area contributed by atoms with Crippen molar-refractivity contribution in [1.82, 2.24) is 0 Å². The van der Waals surface area contributed by atoms with Gasteiger partial charge in [0.05, 0.1) is 12.2 Å². The van der Waals surface area contributed by atoms with Crippen molar-refractivity contribution in [2.45, 2.75) is 115 Å². The van der Waals surface area contributed by atoms with Crippen molar-refractivity contribution in [3.63, 3.8) is 0 Å². The van der Waals surface area contributed by atoms with Gasteiger partial charge in [-0.05, 0) is 146 Å². The Kier molecular flexibility index (Phi) is 4.39. The third-order valence-electron chi connectivity index (χ3n) is 12.5. The molecule has 0 amide bonds. The standard InChI is InChI=1S/C30H42O2/c1-29-13-11-19-21(25(29)7-9-27(29)31)5-3-17-15-18-4-6-22-20(24(18)16-23(17)19)12-14-30(2)26(22)8-10-28(30)32/h15-16,19-22,25-28,31-32H,3-14H2,1-2H3/t19-,20-,21-,22-,25+,26+,27+,28+,29+,30+/m1/s1. The van der Waals surface area contributed by atoms with E-state index in [1.807, 2.05) is 0 Å². The Labute approximate surface area is 194 Å². The number of aryl methyl sites for hydroxylation is 2. The molecule has 0 unspecified atom stereocenters. The SMILES string of the molecule is C[C@]12CC[C@H]3c4cc5c(cc4CC[C@H]3[C@@H]1CC[C@@H]2O)CC[C@@H]1[C@H]5CC[C@]2(C)[C@@H](O)CC[C@@H]12. The molecule has 0 heterocycles. The number of fused-ring (bicyclic) bond motifs is 10. The predicted octanol–water partition coefficient (Wildman–Crippen LogP) is 6.12. The first-order chi connectivity index (χ1) is 15.4. The van der Waals surface area contributed by atoms with E-state index in [1.54, 1.807) is 22.3 Å². The number of hydrogen-bond acceptors (Lipinski definition) is 2. The predicted molar refractivity (Wildman–Crippen MR) is 128 cm³/mol. The minimum Gasteiger partial charge on any atom is -0.393 e. The maximum Gasteiger partial charge on any atom is 0.0596 e. The number of aliphatic hydroxyl groups excluding tert-OH is 2. The molecule has 0 radical (unpaired) electrons. The molecule has 0 aliphatic heterocycles. The van der Waals surface area contributed by atoms with Crippen LogP contribution >= 0.6 is 0 Å². The molecule has 0 aromatic heterocycles. The Morgan fingerprint density at radius 1 is 0.625 bits per heavy atom. The number of aliphatic hydroxyl groups is 2. The van der Waals surface area contributed by atoms with E-state index in [1.165, 1.54) is 64.2 Å². The second-order valence-corrected chi connectivity index (χ2v) is 13.4. The third-order valence-corrected chi connectivity index (χ3v) is 12.5. The lowest BCUT2D eigenvalue weighted by Crippen LogP contribution is -2.45. The van der Waals surface area contributed by atoms with Crippen LogP contribution in [-0.4, -0.2) is 22.4 Å². The summed E-state index contributed by atoms with van der Waals surface area (Å²) in [6.45, 7) is 4.79. The molecule has 32 heavy (non-hydrogen) atoms. The Bertz CT molecular complexity index is 866. The molecule has 2 nitrogen and oxygen atoms in total. The van der Waals surface area contributed by atoms with Gasteiger partial charge in [-0.3, -0.25) is 0 Å². The van der Waals surface area contributed by atoms with Crippen molar-refractivity contribution in [2.75, 3.05) is 0 Å². The summed E-state index contributed by atoms with van der Waals surface area (Å²) in [6, 6.07) is 5.37. The minimum absolute atomic E-state index is 0.0718. The van der Waals surface area contributed by atoms with Gasteiger partial charge in [-0.1, -0.05) is 26.0 Å². The molecular weight excluding hydrogens is 392 g/mol. The molecule has 174 valence electrons. The van der Waals surface area contributed by atoms with E-state index in [-0.39, 0.29) is 23.0 Å². The van der Waals surface area contributed by atoms with Crippen molar-refractivity contribution >= 4 is 0 Å². The monoisotopic (exact) mass is 434 g/mol. The van der Waals surface area contributed by atoms with Crippen LogP contribution in [0.1, 0.15) is 112 Å². The van der Waals surface area contributed by atoms with E-state index in [0.29, 0.717) is 0 Å². The average Bonchev–Trinajstić information content (AvgIpc) is 3.27. The molecule has 1 aromatic carbocycles. The quantitative estimate of drug-likeness (QED) is 0.516. The molecule has 0 saturated heterocycles. The van der Waals surface area contributed by atoms with E-state index >= 15 is 0 Å². The van der Waals surface area contributed by atoms with E-state index in [0.717, 1.165) is 48.3 Å². The van der Waals surface area contributed by atoms with Gasteiger partial charge in [0.15, 0.2) is 0 Å². The van der Waals surface area contributed by atoms with Crippen LogP contribution in [0.3, 0.4) is 0 Å². The molecule has 6 aliphatic rings. The van der Waals surface area contributed by atoms with Gasteiger partial charge in [-0.25, -0.2) is 0 Å². The summed E-state index contributed by atoms with van der Waals surface area (Å²) in [7, 11) is 0. The second kappa shape index (κ2) is 6.85. The first-order valence-corrected chi connectivity index (χ1v) is 13.9. The fourth-order valence-electron chi connectivity index (χ4n) is 10.6. The van der Waals surface area contributed by atoms with Gasteiger partial charge in [0.2, 0.25) is 0 Å². The van der Waals surface area contributed by atoms with Crippen LogP contribution in [-0.2, 0) is 12.8 Å². The fraction of sp³-hybridized carbons (Fsp3) is 0.800. The van der Waals surface area contributed by atoms with Crippen LogP contribution < -0.4 is 0 Å². The first-order valence-electron chi connectivity index (χ1n) is 13.9. The van der Waals surface area contributed by atoms with Crippen LogP contribution in [0, 0.1) is 34.5 Å². The van der Waals surface area contributed by atoms with Gasteiger partial charge >= 0.3 is 0 Å². The van der Waals surface area contributed by atoms with Crippen molar-refractivity contribution in [1.29, 1.82) is 0 Å². The molecule has 4 fully saturated rings. The lowest BCUT2D eigenvalue weighted by Gasteiger charge is -2.52. The normalized spacial score (nSPS) is 51.1. The first kappa shape index (κ1) is 20.5. The van der Waals surface area contributed by atoms with E-state index < -0.39 is 0 Å². The largest absolute Gasteiger partial charge is 0.393 e. The van der Waals surface area contributed by atoms with Crippen LogP contribution in [0.4, 0.5) is 0 Å². The van der Waals surface area contributed by atoms with E-state index in [4.69, 9.17) is 0 Å². The summed E-state index contributed by atoms with van der Waals surface area (Å²) in [5.74, 6) is 4.49. The average molecular weight is 435 g/mol. The Balaban J connectivity index is 1.24. The van der Waals surface area contributed by atoms with Gasteiger partial charge in [0.25, 0.3) is 0 Å². The van der Waals surface area contributed by atoms with Crippen molar-refractivity contribution in [2.24, 2.45) is 34.5 Å². The fourth-order valence-corrected chi connectivity index (χ4v) is 10.6. The third kappa shape index (κ3) is 2.55. The molecule has 2 N–H and O–H groups in total. The summed E-state index contributed by atoms with van der Waals surface area (Å²) < 4.78 is 0. The van der Waals surface area contributed by atoms with Crippen molar-refractivity contribution in [3.05, 3.63) is 34.4 Å². The highest BCUT2D eigenvalue weighted by molar-refractivity contribution is 5.46. The number of hydrogen-bond donors (Lipinski definition) is 2. The number of benzene rings is 1. The lowest BCUT2D eigenvalue weighted by molar-refractivity contribution is -0.0239. The highest BCUT2D eigenvalue weighted by Gasteiger charge is 2.56. The molecule has 6 aliphatic carbocycles. The van der Waals surface area contributed by atoms with E-state index in [9.17, 15) is 10.2 Å². The molecule has 10 atom stereocenters. The van der Waals surface area contributed by atoms with Gasteiger partial charge in [-0.15, -0.1) is 0 Å². The summed E-state index contributed by atoms with van der Waals surface area (Å²) in [6.07, 6.45) is 14.6. The molecular formula is C30H42O2. The van der Waals surface area contributed by atoms with Gasteiger partial charge in [0.1, 0.15) is 0 Å². The summed E-state index contributed by atoms with van der Waals surface area (Å²) in [4.78, 5) is 0. The zero-order valence-electron chi connectivity index (χ0n) is 20.2. The molecule has 0 spiro atoms. The molecule has 2 heteroatoms. The zero-order chi connectivity index (χ0) is 21.8. The number of rotatable bonds is 0. The Hall–Kier alpha value is -0.860. The summed E-state index contributed by atoms with van der Waals surface area (Å²) in [5.41, 5.74) is 7.11. The maximum absolute atomic E-state index is 10.8. The second-order valence-electron chi connectivity index (χ2n) is 13.4. The van der Waals surface area contributed by atoms with Crippen LogP contribution in [0.25, 0.3) is 0 Å². The topological polar surface area (TPSA) is 40.5 Å². The van der Waals surface area contributed by atoms with Gasteiger partial charge < -0.3 is 10.2 Å². The van der Waals surface area contributed by atoms with Crippen LogP contribution in [0.15, 0.2) is 12.1 Å². The van der Waals surface area contributed by atoms with Crippen LogP contribution in [0.5, 0.6) is 0 Å². The molecule has 0 bridgehead atoms. The van der Waals surface area contributed by atoms with Gasteiger partial charge in [0, 0.05) is 0 Å². The van der Waals surface area contributed by atoms with Gasteiger partial charge in [-0.2, -0.15) is 0 Å². The maximum atomic E-state index is 10.8. The molecule has 4 saturated carbocycles. The highest BCUT2D eigenvalue weighted by atomic mass is 16.3. The Morgan fingerprint density at radius 3 is 1.56 bits per heavy atom. The zero-order valence-corrected chi connectivity index (χ0v) is 20.2. The van der Waals surface area contributed by atoms with Crippen molar-refractivity contribution in [3.8, 4) is 0 Å². The van der Waals surface area contributed by atoms with Crippen molar-refractivity contribution < 1.29 is 10.2 Å². The lowest BCUT2D eigenvalue weighted by atomic mass is 9.53. The Morgan fingerprint density at radius 2 is 1.09 bits per heavy atom. The van der Waals surface area contributed by atoms with Crippen LogP contribution in [0.2, 0.25) is 0 Å². The minimum atomic E-state index is -0.0718. The molecule has 7 rings (SSSR count). The smallest absolute Gasteiger partial charge is 0.0596 e. The summed E-state index contributed by atoms with van der Waals surface area (Å²) in [5, 5.41) is 21.5. The van der Waals surface area contributed by atoms with E-state index in [2.05, 4.69) is 26.0 Å². The highest BCUT2D eigenvalue weighted by Crippen LogP contribution is 2.63. The molecule has 1 aromatic rings.